The van der Waals surface area contributed by atoms with E-state index in [1.54, 1.807) is 5.57 Å². The predicted molar refractivity (Wildman–Crippen MR) is 136 cm³/mol. The molecule has 4 heteroatoms. The van der Waals surface area contributed by atoms with E-state index in [2.05, 4.69) is 26.8 Å². The number of rotatable bonds is 4. The molecule has 1 amide bonds. The fourth-order valence-corrected chi connectivity index (χ4v) is 9.69. The number of hydrogen-bond acceptors (Lipinski definition) is 3. The quantitative estimate of drug-likeness (QED) is 0.516. The largest absolute Gasteiger partial charge is 0.393 e. The Labute approximate surface area is 207 Å². The van der Waals surface area contributed by atoms with Crippen LogP contribution in [0.4, 0.5) is 0 Å². The van der Waals surface area contributed by atoms with Gasteiger partial charge in [0.15, 0.2) is 0 Å². The molecule has 1 heterocycles. The smallest absolute Gasteiger partial charge is 0.222 e. The molecule has 0 aromatic heterocycles. The number of hydrogen-bond donors (Lipinski definition) is 2. The standard InChI is InChI=1S/C30H49NO3/c1-5-30(34)14-16-31(17-15-30)27(33)18-20(2)24-8-9-25-23-7-6-21-19-22(32)10-12-28(21,3)26(23)11-13-29(24,25)4/h6,20,22-26,32,34H,5,7-19H2,1-4H3/t20-,22+,23+,24-,25+,26+,28+,29-/m1/s1. The van der Waals surface area contributed by atoms with E-state index in [1.165, 1.54) is 32.1 Å². The van der Waals surface area contributed by atoms with Gasteiger partial charge < -0.3 is 15.1 Å². The Morgan fingerprint density at radius 2 is 1.82 bits per heavy atom. The number of amides is 1. The molecule has 2 N–H and O–H groups in total. The van der Waals surface area contributed by atoms with Gasteiger partial charge in [-0.1, -0.05) is 39.3 Å². The van der Waals surface area contributed by atoms with Crippen LogP contribution in [0.5, 0.6) is 0 Å². The van der Waals surface area contributed by atoms with E-state index in [0.717, 1.165) is 56.3 Å². The number of aliphatic hydroxyl groups excluding tert-OH is 1. The minimum atomic E-state index is -0.561. The van der Waals surface area contributed by atoms with Gasteiger partial charge in [0, 0.05) is 19.5 Å². The second-order valence-corrected chi connectivity index (χ2v) is 13.5. The normalized spacial score (nSPS) is 44.5. The van der Waals surface area contributed by atoms with Gasteiger partial charge in [0.25, 0.3) is 0 Å². The van der Waals surface area contributed by atoms with Crippen molar-refractivity contribution < 1.29 is 15.0 Å². The van der Waals surface area contributed by atoms with Gasteiger partial charge in [0.2, 0.25) is 5.91 Å². The molecular weight excluding hydrogens is 422 g/mol. The lowest BCUT2D eigenvalue weighted by molar-refractivity contribution is -0.137. The van der Waals surface area contributed by atoms with Gasteiger partial charge in [0.1, 0.15) is 0 Å². The molecule has 0 radical (unpaired) electrons. The number of carbonyl (C=O) groups is 1. The second kappa shape index (κ2) is 8.91. The number of aliphatic hydroxyl groups is 2. The fraction of sp³-hybridized carbons (Fsp3) is 0.900. The maximum atomic E-state index is 13.2. The Bertz CT molecular complexity index is 814. The summed E-state index contributed by atoms with van der Waals surface area (Å²) in [4.78, 5) is 15.2. The van der Waals surface area contributed by atoms with Crippen molar-refractivity contribution in [2.45, 2.75) is 116 Å². The second-order valence-electron chi connectivity index (χ2n) is 13.5. The van der Waals surface area contributed by atoms with Gasteiger partial charge >= 0.3 is 0 Å². The third-order valence-corrected chi connectivity index (χ3v) is 12.0. The molecule has 1 aliphatic heterocycles. The summed E-state index contributed by atoms with van der Waals surface area (Å²) in [6.07, 6.45) is 14.8. The van der Waals surface area contributed by atoms with Crippen molar-refractivity contribution in [3.63, 3.8) is 0 Å². The highest BCUT2D eigenvalue weighted by Crippen LogP contribution is 2.67. The molecule has 4 fully saturated rings. The third kappa shape index (κ3) is 3.99. The van der Waals surface area contributed by atoms with Gasteiger partial charge in [-0.05, 0) is 111 Å². The summed E-state index contributed by atoms with van der Waals surface area (Å²) in [5.41, 5.74) is 1.66. The SMILES string of the molecule is CCC1(O)CCN(C(=O)C[C@@H](C)[C@H]2CC[C@H]3[C@@H]4CC=C5C[C@@H](O)CC[C@]5(C)[C@H]4CC[C@]23C)CC1. The lowest BCUT2D eigenvalue weighted by Crippen LogP contribution is -2.51. The summed E-state index contributed by atoms with van der Waals surface area (Å²) in [5.74, 6) is 3.73. The highest BCUT2D eigenvalue weighted by molar-refractivity contribution is 5.76. The Kier molecular flexibility index (Phi) is 6.50. The van der Waals surface area contributed by atoms with Crippen LogP contribution in [-0.2, 0) is 4.79 Å². The Morgan fingerprint density at radius 1 is 1.09 bits per heavy atom. The first kappa shape index (κ1) is 24.8. The number of allylic oxidation sites excluding steroid dienone is 1. The van der Waals surface area contributed by atoms with E-state index in [-0.39, 0.29) is 6.10 Å². The molecule has 1 saturated heterocycles. The maximum absolute atomic E-state index is 13.2. The summed E-state index contributed by atoms with van der Waals surface area (Å²) in [6.45, 7) is 10.9. The maximum Gasteiger partial charge on any atom is 0.222 e. The number of carbonyl (C=O) groups excluding carboxylic acids is 1. The average Bonchev–Trinajstić information content (AvgIpc) is 3.17. The van der Waals surface area contributed by atoms with Crippen LogP contribution >= 0.6 is 0 Å². The van der Waals surface area contributed by atoms with Crippen molar-refractivity contribution in [3.8, 4) is 0 Å². The van der Waals surface area contributed by atoms with Crippen LogP contribution in [0.25, 0.3) is 0 Å². The molecule has 0 aromatic rings. The molecule has 0 unspecified atom stereocenters. The van der Waals surface area contributed by atoms with Gasteiger partial charge in [-0.15, -0.1) is 0 Å². The van der Waals surface area contributed by atoms with Crippen LogP contribution in [0.1, 0.15) is 105 Å². The molecule has 4 aliphatic carbocycles. The lowest BCUT2D eigenvalue weighted by Gasteiger charge is -2.58. The van der Waals surface area contributed by atoms with E-state index in [0.29, 0.717) is 48.1 Å². The molecular formula is C30H49NO3. The Balaban J connectivity index is 1.25. The van der Waals surface area contributed by atoms with Crippen LogP contribution in [0.3, 0.4) is 0 Å². The molecule has 192 valence electrons. The van der Waals surface area contributed by atoms with Gasteiger partial charge in [-0.2, -0.15) is 0 Å². The van der Waals surface area contributed by atoms with Crippen molar-refractivity contribution in [2.24, 2.45) is 40.4 Å². The van der Waals surface area contributed by atoms with Crippen molar-refractivity contribution in [2.75, 3.05) is 13.1 Å². The van der Waals surface area contributed by atoms with Crippen molar-refractivity contribution in [3.05, 3.63) is 11.6 Å². The summed E-state index contributed by atoms with van der Waals surface area (Å²) < 4.78 is 0. The number of fused-ring (bicyclic) bond motifs is 5. The number of nitrogens with zero attached hydrogens (tertiary/aromatic N) is 1. The number of likely N-dealkylation sites (tertiary alicyclic amines) is 1. The Morgan fingerprint density at radius 3 is 2.53 bits per heavy atom. The molecule has 4 nitrogen and oxygen atoms in total. The Hall–Kier alpha value is -0.870. The zero-order valence-corrected chi connectivity index (χ0v) is 22.2. The minimum Gasteiger partial charge on any atom is -0.393 e. The monoisotopic (exact) mass is 471 g/mol. The summed E-state index contributed by atoms with van der Waals surface area (Å²) >= 11 is 0. The number of piperidine rings is 1. The molecule has 0 spiro atoms. The lowest BCUT2D eigenvalue weighted by atomic mass is 9.47. The molecule has 5 aliphatic rings. The van der Waals surface area contributed by atoms with Crippen LogP contribution in [0.2, 0.25) is 0 Å². The van der Waals surface area contributed by atoms with Crippen LogP contribution in [0.15, 0.2) is 11.6 Å². The van der Waals surface area contributed by atoms with Crippen LogP contribution in [0, 0.1) is 40.4 Å². The molecule has 5 rings (SSSR count). The zero-order valence-electron chi connectivity index (χ0n) is 22.2. The highest BCUT2D eigenvalue weighted by Gasteiger charge is 2.59. The van der Waals surface area contributed by atoms with E-state index in [1.807, 2.05) is 11.8 Å². The van der Waals surface area contributed by atoms with Crippen molar-refractivity contribution >= 4 is 5.91 Å². The van der Waals surface area contributed by atoms with Gasteiger partial charge in [-0.25, -0.2) is 0 Å². The first-order valence-corrected chi connectivity index (χ1v) is 14.5. The van der Waals surface area contributed by atoms with Gasteiger partial charge in [0.05, 0.1) is 11.7 Å². The summed E-state index contributed by atoms with van der Waals surface area (Å²) in [6, 6.07) is 0. The zero-order chi connectivity index (χ0) is 24.3. The first-order valence-electron chi connectivity index (χ1n) is 14.5. The third-order valence-electron chi connectivity index (χ3n) is 12.0. The summed E-state index contributed by atoms with van der Waals surface area (Å²) in [7, 11) is 0. The van der Waals surface area contributed by atoms with E-state index in [9.17, 15) is 15.0 Å². The minimum absolute atomic E-state index is 0.130. The van der Waals surface area contributed by atoms with E-state index in [4.69, 9.17) is 0 Å². The predicted octanol–water partition coefficient (Wildman–Crippen LogP) is 5.72. The highest BCUT2D eigenvalue weighted by atomic mass is 16.3. The first-order chi connectivity index (χ1) is 16.1. The molecule has 0 aromatic carbocycles. The van der Waals surface area contributed by atoms with Crippen LogP contribution in [-0.4, -0.2) is 45.8 Å². The average molecular weight is 472 g/mol. The van der Waals surface area contributed by atoms with Gasteiger partial charge in [-0.3, -0.25) is 4.79 Å². The summed E-state index contributed by atoms with van der Waals surface area (Å²) in [5, 5.41) is 20.8. The van der Waals surface area contributed by atoms with Crippen LogP contribution < -0.4 is 0 Å². The molecule has 0 bridgehead atoms. The fourth-order valence-electron chi connectivity index (χ4n) is 9.69. The van der Waals surface area contributed by atoms with E-state index >= 15 is 0 Å². The molecule has 8 atom stereocenters. The molecule has 3 saturated carbocycles. The topological polar surface area (TPSA) is 60.8 Å². The van der Waals surface area contributed by atoms with Crippen molar-refractivity contribution in [1.82, 2.24) is 4.90 Å². The van der Waals surface area contributed by atoms with E-state index < -0.39 is 5.60 Å². The molecule has 34 heavy (non-hydrogen) atoms. The van der Waals surface area contributed by atoms with Crippen molar-refractivity contribution in [1.29, 1.82) is 0 Å².